The molecule has 0 spiro atoms. The molecule has 5 nitrogen and oxygen atoms in total. The smallest absolute Gasteiger partial charge is 0.410 e. The topological polar surface area (TPSA) is 58.6 Å². The number of carbonyl (C=O) groups is 2. The van der Waals surface area contributed by atoms with Gasteiger partial charge in [-0.1, -0.05) is 29.8 Å². The highest BCUT2D eigenvalue weighted by molar-refractivity contribution is 5.85. The van der Waals surface area contributed by atoms with Crippen LogP contribution in [0.1, 0.15) is 51.2 Å². The molecular weight excluding hydrogens is 304 g/mol. The predicted molar refractivity (Wildman–Crippen MR) is 93.6 cm³/mol. The van der Waals surface area contributed by atoms with Gasteiger partial charge in [0.25, 0.3) is 0 Å². The molecule has 1 aliphatic heterocycles. The van der Waals surface area contributed by atoms with Crippen LogP contribution in [-0.4, -0.2) is 35.1 Å². The first-order valence-corrected chi connectivity index (χ1v) is 8.59. The number of hydrogen-bond acceptors (Lipinski definition) is 3. The number of likely N-dealkylation sites (tertiary alicyclic amines) is 1. The molecule has 2 rings (SSSR count). The first-order chi connectivity index (χ1) is 11.3. The van der Waals surface area contributed by atoms with Gasteiger partial charge in [0.15, 0.2) is 0 Å². The molecule has 1 saturated heterocycles. The normalized spacial score (nSPS) is 18.2. The van der Waals surface area contributed by atoms with Gasteiger partial charge in [0.2, 0.25) is 5.91 Å². The molecule has 1 heterocycles. The Hall–Kier alpha value is -2.04. The van der Waals surface area contributed by atoms with Crippen molar-refractivity contribution in [1.82, 2.24) is 10.2 Å². The summed E-state index contributed by atoms with van der Waals surface area (Å²) in [6, 6.07) is 7.59. The summed E-state index contributed by atoms with van der Waals surface area (Å²) in [4.78, 5) is 26.5. The van der Waals surface area contributed by atoms with Crippen molar-refractivity contribution in [2.45, 2.75) is 65.1 Å². The van der Waals surface area contributed by atoms with E-state index in [1.54, 1.807) is 4.90 Å². The maximum Gasteiger partial charge on any atom is 0.410 e. The SMILES string of the molecule is Cc1cccc(CNC(=O)[C@H]2CCCCN2C(=O)OC(C)(C)C)c1. The summed E-state index contributed by atoms with van der Waals surface area (Å²) in [5.74, 6) is -0.109. The fraction of sp³-hybridized carbons (Fsp3) is 0.579. The Morgan fingerprint density at radius 1 is 1.29 bits per heavy atom. The number of nitrogens with zero attached hydrogens (tertiary/aromatic N) is 1. The van der Waals surface area contributed by atoms with E-state index < -0.39 is 17.7 Å². The molecule has 0 aliphatic carbocycles. The fourth-order valence-corrected chi connectivity index (χ4v) is 2.87. The molecule has 1 aromatic carbocycles. The number of benzene rings is 1. The number of rotatable bonds is 3. The van der Waals surface area contributed by atoms with Crippen molar-refractivity contribution in [3.8, 4) is 0 Å². The van der Waals surface area contributed by atoms with Gasteiger partial charge in [0.1, 0.15) is 11.6 Å². The van der Waals surface area contributed by atoms with Gasteiger partial charge in [0, 0.05) is 13.1 Å². The van der Waals surface area contributed by atoms with E-state index >= 15 is 0 Å². The number of amides is 2. The minimum Gasteiger partial charge on any atom is -0.444 e. The molecule has 0 radical (unpaired) electrons. The standard InChI is InChI=1S/C19H28N2O3/c1-14-8-7-9-15(12-14)13-20-17(22)16-10-5-6-11-21(16)18(23)24-19(2,3)4/h7-9,12,16H,5-6,10-11,13H2,1-4H3,(H,20,22)/t16-/m1/s1. The van der Waals surface area contributed by atoms with Gasteiger partial charge in [-0.05, 0) is 52.5 Å². The van der Waals surface area contributed by atoms with E-state index in [1.807, 2.05) is 52.0 Å². The second-order valence-corrected chi connectivity index (χ2v) is 7.39. The first-order valence-electron chi connectivity index (χ1n) is 8.59. The van der Waals surface area contributed by atoms with Crippen LogP contribution in [-0.2, 0) is 16.1 Å². The maximum atomic E-state index is 12.6. The third-order valence-corrected chi connectivity index (χ3v) is 3.98. The largest absolute Gasteiger partial charge is 0.444 e. The molecule has 1 atom stereocenters. The molecule has 2 amide bonds. The Morgan fingerprint density at radius 2 is 2.04 bits per heavy atom. The summed E-state index contributed by atoms with van der Waals surface area (Å²) in [7, 11) is 0. The predicted octanol–water partition coefficient (Wildman–Crippen LogP) is 3.40. The number of hydrogen-bond donors (Lipinski definition) is 1. The Balaban J connectivity index is 1.98. The lowest BCUT2D eigenvalue weighted by Gasteiger charge is -2.35. The van der Waals surface area contributed by atoms with Crippen LogP contribution in [0.5, 0.6) is 0 Å². The third kappa shape index (κ3) is 5.25. The van der Waals surface area contributed by atoms with Crippen molar-refractivity contribution in [2.75, 3.05) is 6.54 Å². The number of piperidine rings is 1. The summed E-state index contributed by atoms with van der Waals surface area (Å²) < 4.78 is 5.44. The van der Waals surface area contributed by atoms with Crippen molar-refractivity contribution in [1.29, 1.82) is 0 Å². The molecule has 1 aliphatic rings. The monoisotopic (exact) mass is 332 g/mol. The number of nitrogens with one attached hydrogen (secondary N) is 1. The van der Waals surface area contributed by atoms with E-state index in [1.165, 1.54) is 0 Å². The zero-order chi connectivity index (χ0) is 17.7. The average molecular weight is 332 g/mol. The van der Waals surface area contributed by atoms with Gasteiger partial charge in [-0.15, -0.1) is 0 Å². The Morgan fingerprint density at radius 3 is 2.71 bits per heavy atom. The molecule has 0 saturated carbocycles. The van der Waals surface area contributed by atoms with Crippen LogP contribution in [0.25, 0.3) is 0 Å². The lowest BCUT2D eigenvalue weighted by Crippen LogP contribution is -2.52. The molecular formula is C19H28N2O3. The van der Waals surface area contributed by atoms with Crippen LogP contribution in [0.3, 0.4) is 0 Å². The van der Waals surface area contributed by atoms with Crippen molar-refractivity contribution in [2.24, 2.45) is 0 Å². The molecule has 24 heavy (non-hydrogen) atoms. The molecule has 0 unspecified atom stereocenters. The minimum absolute atomic E-state index is 0.109. The van der Waals surface area contributed by atoms with Crippen molar-refractivity contribution in [3.05, 3.63) is 35.4 Å². The fourth-order valence-electron chi connectivity index (χ4n) is 2.87. The summed E-state index contributed by atoms with van der Waals surface area (Å²) in [5, 5.41) is 2.96. The second kappa shape index (κ2) is 7.69. The first kappa shape index (κ1) is 18.3. The number of aryl methyl sites for hydroxylation is 1. The molecule has 0 bridgehead atoms. The van der Waals surface area contributed by atoms with Gasteiger partial charge in [-0.2, -0.15) is 0 Å². The highest BCUT2D eigenvalue weighted by atomic mass is 16.6. The van der Waals surface area contributed by atoms with Gasteiger partial charge in [-0.3, -0.25) is 9.69 Å². The number of carbonyl (C=O) groups excluding carboxylic acids is 2. The lowest BCUT2D eigenvalue weighted by molar-refractivity contribution is -0.127. The van der Waals surface area contributed by atoms with Gasteiger partial charge >= 0.3 is 6.09 Å². The van der Waals surface area contributed by atoms with Gasteiger partial charge < -0.3 is 10.1 Å². The Kier molecular flexibility index (Phi) is 5.86. The highest BCUT2D eigenvalue weighted by Crippen LogP contribution is 2.20. The van der Waals surface area contributed by atoms with Crippen molar-refractivity contribution < 1.29 is 14.3 Å². The summed E-state index contributed by atoms with van der Waals surface area (Å²) in [6.45, 7) is 8.57. The minimum atomic E-state index is -0.558. The molecule has 132 valence electrons. The maximum absolute atomic E-state index is 12.6. The second-order valence-electron chi connectivity index (χ2n) is 7.39. The van der Waals surface area contributed by atoms with Gasteiger partial charge in [0.05, 0.1) is 0 Å². The van der Waals surface area contributed by atoms with Crippen LogP contribution in [0, 0.1) is 6.92 Å². The average Bonchev–Trinajstić information content (AvgIpc) is 2.51. The van der Waals surface area contributed by atoms with Gasteiger partial charge in [-0.25, -0.2) is 4.79 Å². The molecule has 0 aromatic heterocycles. The van der Waals surface area contributed by atoms with E-state index in [9.17, 15) is 9.59 Å². The van der Waals surface area contributed by atoms with E-state index in [-0.39, 0.29) is 5.91 Å². The molecule has 1 fully saturated rings. The summed E-state index contributed by atoms with van der Waals surface area (Å²) in [6.07, 6.45) is 2.12. The summed E-state index contributed by atoms with van der Waals surface area (Å²) >= 11 is 0. The van der Waals surface area contributed by atoms with Crippen molar-refractivity contribution in [3.63, 3.8) is 0 Å². The lowest BCUT2D eigenvalue weighted by atomic mass is 10.0. The van der Waals surface area contributed by atoms with Crippen LogP contribution >= 0.6 is 0 Å². The summed E-state index contributed by atoms with van der Waals surface area (Å²) in [5.41, 5.74) is 1.66. The third-order valence-electron chi connectivity index (χ3n) is 3.98. The van der Waals surface area contributed by atoms with E-state index in [0.717, 1.165) is 24.0 Å². The highest BCUT2D eigenvalue weighted by Gasteiger charge is 2.34. The quantitative estimate of drug-likeness (QED) is 0.923. The Bertz CT molecular complexity index is 593. The van der Waals surface area contributed by atoms with Crippen molar-refractivity contribution >= 4 is 12.0 Å². The van der Waals surface area contributed by atoms with Crippen LogP contribution in [0.4, 0.5) is 4.79 Å². The molecule has 5 heteroatoms. The van der Waals surface area contributed by atoms with E-state index in [2.05, 4.69) is 5.32 Å². The molecule has 1 N–H and O–H groups in total. The van der Waals surface area contributed by atoms with E-state index in [0.29, 0.717) is 19.5 Å². The zero-order valence-corrected chi connectivity index (χ0v) is 15.1. The molecule has 1 aromatic rings. The van der Waals surface area contributed by atoms with Crippen LogP contribution in [0.15, 0.2) is 24.3 Å². The Labute approximate surface area is 144 Å². The number of ether oxygens (including phenoxy) is 1. The van der Waals surface area contributed by atoms with E-state index in [4.69, 9.17) is 4.74 Å². The zero-order valence-electron chi connectivity index (χ0n) is 15.1. The van der Waals surface area contributed by atoms with Crippen LogP contribution in [0.2, 0.25) is 0 Å². The van der Waals surface area contributed by atoms with Crippen LogP contribution < -0.4 is 5.32 Å².